The molecule has 2 fully saturated rings. The average molecular weight is 371 g/mol. The van der Waals surface area contributed by atoms with E-state index in [4.69, 9.17) is 0 Å². The molecule has 2 N–H and O–H groups in total. The third-order valence-electron chi connectivity index (χ3n) is 5.20. The van der Waals surface area contributed by atoms with Gasteiger partial charge < -0.3 is 10.6 Å². The zero-order valence-corrected chi connectivity index (χ0v) is 15.5. The van der Waals surface area contributed by atoms with E-state index in [0.717, 1.165) is 31.2 Å². The predicted molar refractivity (Wildman–Crippen MR) is 99.4 cm³/mol. The molecule has 0 radical (unpaired) electrons. The molecular weight excluding hydrogens is 346 g/mol. The van der Waals surface area contributed by atoms with Gasteiger partial charge in [-0.15, -0.1) is 0 Å². The van der Waals surface area contributed by atoms with Crippen molar-refractivity contribution in [3.63, 3.8) is 0 Å². The molecule has 0 bridgehead atoms. The van der Waals surface area contributed by atoms with Crippen molar-refractivity contribution < 1.29 is 19.2 Å². The lowest BCUT2D eigenvalue weighted by Crippen LogP contribution is -2.43. The SMILES string of the molecule is C[C@@H](NC(=O)C1CCCC1)C(=O)Nc1ccc(CN2C(=O)CCC2=O)cc1. The molecule has 1 aromatic rings. The zero-order valence-electron chi connectivity index (χ0n) is 15.5. The van der Waals surface area contributed by atoms with Gasteiger partial charge in [0.2, 0.25) is 23.6 Å². The maximum absolute atomic E-state index is 12.3. The van der Waals surface area contributed by atoms with E-state index in [1.165, 1.54) is 4.90 Å². The zero-order chi connectivity index (χ0) is 19.4. The molecule has 1 aliphatic carbocycles. The molecule has 1 saturated heterocycles. The lowest BCUT2D eigenvalue weighted by atomic mass is 10.1. The minimum Gasteiger partial charge on any atom is -0.344 e. The fourth-order valence-electron chi connectivity index (χ4n) is 3.51. The number of amides is 4. The van der Waals surface area contributed by atoms with E-state index in [9.17, 15) is 19.2 Å². The molecule has 144 valence electrons. The standard InChI is InChI=1S/C20H25N3O4/c1-13(21-20(27)15-4-2-3-5-15)19(26)22-16-8-6-14(7-9-16)12-23-17(24)10-11-18(23)25/h6-9,13,15H,2-5,10-12H2,1H3,(H,21,27)(H,22,26)/t13-/m1/s1. The van der Waals surface area contributed by atoms with Crippen LogP contribution < -0.4 is 10.6 Å². The van der Waals surface area contributed by atoms with Crippen LogP contribution in [0.4, 0.5) is 5.69 Å². The molecule has 1 atom stereocenters. The number of carbonyl (C=O) groups is 4. The van der Waals surface area contributed by atoms with E-state index < -0.39 is 6.04 Å². The van der Waals surface area contributed by atoms with Crippen LogP contribution in [0.15, 0.2) is 24.3 Å². The highest BCUT2D eigenvalue weighted by Crippen LogP contribution is 2.24. The van der Waals surface area contributed by atoms with Crippen LogP contribution in [-0.4, -0.2) is 34.6 Å². The number of hydrogen-bond acceptors (Lipinski definition) is 4. The molecule has 1 heterocycles. The highest BCUT2D eigenvalue weighted by atomic mass is 16.2. The minimum atomic E-state index is -0.613. The number of nitrogens with zero attached hydrogens (tertiary/aromatic N) is 1. The lowest BCUT2D eigenvalue weighted by Gasteiger charge is -2.17. The first-order valence-electron chi connectivity index (χ1n) is 9.47. The normalized spacial score (nSPS) is 18.6. The molecule has 1 saturated carbocycles. The van der Waals surface area contributed by atoms with Crippen LogP contribution in [0, 0.1) is 5.92 Å². The molecular formula is C20H25N3O4. The van der Waals surface area contributed by atoms with Gasteiger partial charge in [-0.05, 0) is 37.5 Å². The van der Waals surface area contributed by atoms with Crippen molar-refractivity contribution in [2.45, 2.75) is 58.0 Å². The summed E-state index contributed by atoms with van der Waals surface area (Å²) >= 11 is 0. The number of carbonyl (C=O) groups excluding carboxylic acids is 4. The maximum atomic E-state index is 12.3. The second-order valence-corrected chi connectivity index (χ2v) is 7.27. The van der Waals surface area contributed by atoms with Crippen molar-refractivity contribution in [2.24, 2.45) is 5.92 Å². The summed E-state index contributed by atoms with van der Waals surface area (Å²) < 4.78 is 0. The first-order valence-corrected chi connectivity index (χ1v) is 9.47. The molecule has 3 rings (SSSR count). The molecule has 7 heteroatoms. The van der Waals surface area contributed by atoms with E-state index in [1.807, 2.05) is 0 Å². The monoisotopic (exact) mass is 371 g/mol. The molecule has 4 amide bonds. The fraction of sp³-hybridized carbons (Fsp3) is 0.500. The van der Waals surface area contributed by atoms with Crippen molar-refractivity contribution in [1.29, 1.82) is 0 Å². The minimum absolute atomic E-state index is 0.0236. The molecule has 0 unspecified atom stereocenters. The summed E-state index contributed by atoms with van der Waals surface area (Å²) in [7, 11) is 0. The highest BCUT2D eigenvalue weighted by molar-refractivity contribution is 6.01. The number of rotatable bonds is 6. The van der Waals surface area contributed by atoms with Crippen molar-refractivity contribution in [3.05, 3.63) is 29.8 Å². The topological polar surface area (TPSA) is 95.6 Å². The molecule has 0 aromatic heterocycles. The lowest BCUT2D eigenvalue weighted by molar-refractivity contribution is -0.139. The van der Waals surface area contributed by atoms with Crippen molar-refractivity contribution in [2.75, 3.05) is 5.32 Å². The Balaban J connectivity index is 1.51. The Kier molecular flexibility index (Phi) is 5.88. The van der Waals surface area contributed by atoms with Crippen molar-refractivity contribution >= 4 is 29.3 Å². The smallest absolute Gasteiger partial charge is 0.246 e. The molecule has 1 aromatic carbocycles. The van der Waals surface area contributed by atoms with E-state index >= 15 is 0 Å². The van der Waals surface area contributed by atoms with Crippen LogP contribution in [0.3, 0.4) is 0 Å². The third kappa shape index (κ3) is 4.72. The van der Waals surface area contributed by atoms with Crippen LogP contribution in [-0.2, 0) is 25.7 Å². The van der Waals surface area contributed by atoms with Crippen LogP contribution >= 0.6 is 0 Å². The van der Waals surface area contributed by atoms with Crippen LogP contribution in [0.5, 0.6) is 0 Å². The van der Waals surface area contributed by atoms with Gasteiger partial charge in [0.1, 0.15) is 6.04 Å². The van der Waals surface area contributed by atoms with Gasteiger partial charge in [0.05, 0.1) is 6.54 Å². The van der Waals surface area contributed by atoms with E-state index in [0.29, 0.717) is 5.69 Å². The number of nitrogens with one attached hydrogen (secondary N) is 2. The van der Waals surface area contributed by atoms with Crippen LogP contribution in [0.2, 0.25) is 0 Å². The number of likely N-dealkylation sites (tertiary alicyclic amines) is 1. The Labute approximate surface area is 158 Å². The summed E-state index contributed by atoms with van der Waals surface area (Å²) in [5, 5.41) is 5.55. The first-order chi connectivity index (χ1) is 12.9. The van der Waals surface area contributed by atoms with Gasteiger partial charge in [-0.2, -0.15) is 0 Å². The second-order valence-electron chi connectivity index (χ2n) is 7.27. The number of imide groups is 1. The van der Waals surface area contributed by atoms with E-state index in [2.05, 4.69) is 10.6 Å². The molecule has 2 aliphatic rings. The number of hydrogen-bond donors (Lipinski definition) is 2. The summed E-state index contributed by atoms with van der Waals surface area (Å²) in [6, 6.07) is 6.39. The number of benzene rings is 1. The Morgan fingerprint density at radius 1 is 1.07 bits per heavy atom. The van der Waals surface area contributed by atoms with Gasteiger partial charge in [0.15, 0.2) is 0 Å². The van der Waals surface area contributed by atoms with Crippen LogP contribution in [0.25, 0.3) is 0 Å². The average Bonchev–Trinajstić information content (AvgIpc) is 3.29. The van der Waals surface area contributed by atoms with Gasteiger partial charge >= 0.3 is 0 Å². The van der Waals surface area contributed by atoms with E-state index in [1.54, 1.807) is 31.2 Å². The summed E-state index contributed by atoms with van der Waals surface area (Å²) in [5.41, 5.74) is 1.42. The molecule has 1 aliphatic heterocycles. The van der Waals surface area contributed by atoms with Gasteiger partial charge in [-0.3, -0.25) is 24.1 Å². The molecule has 27 heavy (non-hydrogen) atoms. The Hall–Kier alpha value is -2.70. The summed E-state index contributed by atoms with van der Waals surface area (Å²) in [4.78, 5) is 49.0. The van der Waals surface area contributed by atoms with Gasteiger partial charge in [-0.1, -0.05) is 25.0 Å². The molecule has 7 nitrogen and oxygen atoms in total. The highest BCUT2D eigenvalue weighted by Gasteiger charge is 2.28. The second kappa shape index (κ2) is 8.33. The quantitative estimate of drug-likeness (QED) is 0.748. The predicted octanol–water partition coefficient (Wildman–Crippen LogP) is 1.97. The largest absolute Gasteiger partial charge is 0.344 e. The fourth-order valence-corrected chi connectivity index (χ4v) is 3.51. The van der Waals surface area contributed by atoms with Crippen molar-refractivity contribution in [3.8, 4) is 0 Å². The van der Waals surface area contributed by atoms with E-state index in [-0.39, 0.29) is 48.9 Å². The third-order valence-corrected chi connectivity index (χ3v) is 5.20. The summed E-state index contributed by atoms with van der Waals surface area (Å²) in [6.07, 6.45) is 4.47. The molecule has 0 spiro atoms. The first kappa shape index (κ1) is 19.1. The summed E-state index contributed by atoms with van der Waals surface area (Å²) in [6.45, 7) is 1.92. The Morgan fingerprint density at radius 2 is 1.67 bits per heavy atom. The summed E-state index contributed by atoms with van der Waals surface area (Å²) in [5.74, 6) is -0.603. The van der Waals surface area contributed by atoms with Gasteiger partial charge in [-0.25, -0.2) is 0 Å². The van der Waals surface area contributed by atoms with Crippen LogP contribution in [0.1, 0.15) is 51.0 Å². The van der Waals surface area contributed by atoms with Crippen molar-refractivity contribution in [1.82, 2.24) is 10.2 Å². The Morgan fingerprint density at radius 3 is 2.26 bits per heavy atom. The van der Waals surface area contributed by atoms with Gasteiger partial charge in [0, 0.05) is 24.4 Å². The number of anilines is 1. The van der Waals surface area contributed by atoms with Gasteiger partial charge in [0.25, 0.3) is 0 Å². The Bertz CT molecular complexity index is 722. The maximum Gasteiger partial charge on any atom is 0.246 e.